The molecule has 1 atom stereocenters. The summed E-state index contributed by atoms with van der Waals surface area (Å²) in [6.07, 6.45) is 3.19. The van der Waals surface area contributed by atoms with Gasteiger partial charge in [-0.05, 0) is 56.0 Å². The van der Waals surface area contributed by atoms with E-state index in [-0.39, 0.29) is 25.0 Å². The van der Waals surface area contributed by atoms with Crippen LogP contribution in [0.3, 0.4) is 0 Å². The summed E-state index contributed by atoms with van der Waals surface area (Å²) in [7, 11) is 1.55. The fourth-order valence-corrected chi connectivity index (χ4v) is 4.73. The molecule has 32 heavy (non-hydrogen) atoms. The Bertz CT molecular complexity index is 973. The summed E-state index contributed by atoms with van der Waals surface area (Å²) < 4.78 is 5.95. The highest BCUT2D eigenvalue weighted by molar-refractivity contribution is 6.02. The molecule has 2 aromatic carbocycles. The van der Waals surface area contributed by atoms with Gasteiger partial charge in [-0.25, -0.2) is 0 Å². The van der Waals surface area contributed by atoms with Gasteiger partial charge in [0.05, 0.1) is 17.6 Å². The number of hydrogen-bond donors (Lipinski definition) is 4. The lowest BCUT2D eigenvalue weighted by Gasteiger charge is -2.26. The monoisotopic (exact) mass is 437 g/mol. The maximum atomic E-state index is 13.0. The maximum absolute atomic E-state index is 13.0. The Balaban J connectivity index is 1.64. The summed E-state index contributed by atoms with van der Waals surface area (Å²) in [5.74, 6) is 0.492. The summed E-state index contributed by atoms with van der Waals surface area (Å²) in [4.78, 5) is 25.6. The van der Waals surface area contributed by atoms with Gasteiger partial charge in [0.2, 0.25) is 0 Å². The van der Waals surface area contributed by atoms with E-state index in [4.69, 9.17) is 4.74 Å². The lowest BCUT2D eigenvalue weighted by Crippen LogP contribution is -2.34. The van der Waals surface area contributed by atoms with Crippen LogP contribution in [0.2, 0.25) is 0 Å². The molecule has 0 saturated carbocycles. The highest BCUT2D eigenvalue weighted by atomic mass is 16.5. The number of aliphatic hydroxyl groups excluding tert-OH is 1. The minimum Gasteiger partial charge on any atom is -0.491 e. The second-order valence-electron chi connectivity index (χ2n) is 8.61. The van der Waals surface area contributed by atoms with E-state index < -0.39 is 5.41 Å². The molecule has 2 heterocycles. The zero-order valence-electron chi connectivity index (χ0n) is 18.4. The van der Waals surface area contributed by atoms with Crippen LogP contribution in [0.25, 0.3) is 0 Å². The molecule has 4 rings (SSSR count). The zero-order valence-corrected chi connectivity index (χ0v) is 18.4. The minimum atomic E-state index is -0.829. The van der Waals surface area contributed by atoms with Crippen LogP contribution in [0.4, 0.5) is 0 Å². The molecule has 2 aliphatic rings. The van der Waals surface area contributed by atoms with Crippen molar-refractivity contribution in [3.63, 3.8) is 0 Å². The van der Waals surface area contributed by atoms with E-state index >= 15 is 0 Å². The van der Waals surface area contributed by atoms with Gasteiger partial charge in [-0.1, -0.05) is 30.3 Å². The van der Waals surface area contributed by atoms with Gasteiger partial charge in [0.15, 0.2) is 0 Å². The third-order valence-corrected chi connectivity index (χ3v) is 6.69. The van der Waals surface area contributed by atoms with E-state index in [2.05, 4.69) is 16.0 Å². The van der Waals surface area contributed by atoms with Gasteiger partial charge in [-0.15, -0.1) is 0 Å². The lowest BCUT2D eigenvalue weighted by atomic mass is 9.76. The largest absolute Gasteiger partial charge is 0.491 e. The average molecular weight is 438 g/mol. The molecule has 4 N–H and O–H groups in total. The molecule has 7 nitrogen and oxygen atoms in total. The number of benzene rings is 2. The van der Waals surface area contributed by atoms with E-state index in [9.17, 15) is 14.7 Å². The van der Waals surface area contributed by atoms with Crippen LogP contribution in [0.5, 0.6) is 5.75 Å². The van der Waals surface area contributed by atoms with Crippen molar-refractivity contribution in [3.8, 4) is 5.75 Å². The van der Waals surface area contributed by atoms with Crippen molar-refractivity contribution in [2.45, 2.75) is 24.7 Å². The lowest BCUT2D eigenvalue weighted by molar-refractivity contribution is 0.0950. The topological polar surface area (TPSA) is 99.7 Å². The van der Waals surface area contributed by atoms with Crippen molar-refractivity contribution in [3.05, 3.63) is 64.7 Å². The van der Waals surface area contributed by atoms with E-state index in [1.807, 2.05) is 30.3 Å². The van der Waals surface area contributed by atoms with E-state index in [0.717, 1.165) is 37.9 Å². The predicted octanol–water partition coefficient (Wildman–Crippen LogP) is 1.84. The fraction of sp³-hybridized carbons (Fsp3) is 0.440. The molecule has 0 aliphatic carbocycles. The fourth-order valence-electron chi connectivity index (χ4n) is 4.73. The van der Waals surface area contributed by atoms with Crippen LogP contribution < -0.4 is 20.7 Å². The minimum absolute atomic E-state index is 0.196. The molecule has 0 radical (unpaired) electrons. The molecule has 1 unspecified atom stereocenters. The Labute approximate surface area is 188 Å². The number of ether oxygens (including phenoxy) is 1. The first-order chi connectivity index (χ1) is 15.6. The van der Waals surface area contributed by atoms with Crippen molar-refractivity contribution < 1.29 is 19.4 Å². The Morgan fingerprint density at radius 2 is 1.91 bits per heavy atom. The van der Waals surface area contributed by atoms with E-state index in [1.165, 1.54) is 0 Å². The third kappa shape index (κ3) is 4.23. The molecule has 1 saturated heterocycles. The number of fused-ring (bicyclic) bond motifs is 1. The number of aliphatic hydroxyl groups is 1. The Morgan fingerprint density at radius 3 is 2.59 bits per heavy atom. The molecular formula is C25H31N3O4. The van der Waals surface area contributed by atoms with E-state index in [1.54, 1.807) is 19.2 Å². The number of piperidine rings is 1. The van der Waals surface area contributed by atoms with Gasteiger partial charge >= 0.3 is 0 Å². The van der Waals surface area contributed by atoms with Crippen molar-refractivity contribution in [2.24, 2.45) is 5.92 Å². The molecule has 2 amide bonds. The first kappa shape index (κ1) is 22.3. The Kier molecular flexibility index (Phi) is 6.77. The standard InChI is InChI=1S/C25H31N3O4/c1-26-24(31)20-13-18(23(30)28-12-9-17-7-10-27-11-8-17)14-21-22(20)32-16-25(21,15-29)19-5-3-2-4-6-19/h2-6,13-14,17,27,29H,7-12,15-16H2,1H3,(H,26,31)(H,28,30). The summed E-state index contributed by atoms with van der Waals surface area (Å²) in [5, 5.41) is 19.4. The van der Waals surface area contributed by atoms with Gasteiger partial charge in [0.1, 0.15) is 12.4 Å². The van der Waals surface area contributed by atoms with Crippen LogP contribution in [0.15, 0.2) is 42.5 Å². The summed E-state index contributed by atoms with van der Waals surface area (Å²) in [6.45, 7) is 2.66. The van der Waals surface area contributed by atoms with Crippen LogP contribution >= 0.6 is 0 Å². The van der Waals surface area contributed by atoms with Crippen molar-refractivity contribution >= 4 is 11.8 Å². The molecule has 0 bridgehead atoms. The molecule has 7 heteroatoms. The summed E-state index contributed by atoms with van der Waals surface area (Å²) in [6, 6.07) is 12.9. The predicted molar refractivity (Wildman–Crippen MR) is 122 cm³/mol. The molecule has 0 spiro atoms. The number of amides is 2. The average Bonchev–Trinajstić information content (AvgIpc) is 3.24. The van der Waals surface area contributed by atoms with Crippen molar-refractivity contribution in [2.75, 3.05) is 39.9 Å². The number of carbonyl (C=O) groups excluding carboxylic acids is 2. The second kappa shape index (κ2) is 9.71. The van der Waals surface area contributed by atoms with Gasteiger partial charge in [0, 0.05) is 24.7 Å². The first-order valence-electron chi connectivity index (χ1n) is 11.3. The van der Waals surface area contributed by atoms with E-state index in [0.29, 0.717) is 34.9 Å². The molecule has 2 aliphatic heterocycles. The van der Waals surface area contributed by atoms with Gasteiger partial charge in [-0.3, -0.25) is 9.59 Å². The summed E-state index contributed by atoms with van der Waals surface area (Å²) >= 11 is 0. The maximum Gasteiger partial charge on any atom is 0.254 e. The summed E-state index contributed by atoms with van der Waals surface area (Å²) in [5.41, 5.74) is 1.42. The smallest absolute Gasteiger partial charge is 0.254 e. The van der Waals surface area contributed by atoms with Crippen LogP contribution in [0, 0.1) is 5.92 Å². The third-order valence-electron chi connectivity index (χ3n) is 6.69. The highest BCUT2D eigenvalue weighted by Crippen LogP contribution is 2.45. The van der Waals surface area contributed by atoms with Crippen LogP contribution in [-0.4, -0.2) is 56.8 Å². The van der Waals surface area contributed by atoms with Crippen LogP contribution in [-0.2, 0) is 5.41 Å². The number of hydrogen-bond acceptors (Lipinski definition) is 5. The quantitative estimate of drug-likeness (QED) is 0.530. The van der Waals surface area contributed by atoms with Gasteiger partial charge in [-0.2, -0.15) is 0 Å². The van der Waals surface area contributed by atoms with Crippen LogP contribution in [0.1, 0.15) is 51.1 Å². The SMILES string of the molecule is CNC(=O)c1cc(C(=O)NCCC2CCNCC2)cc2c1OCC2(CO)c1ccccc1. The normalized spacial score (nSPS) is 20.3. The second-order valence-corrected chi connectivity index (χ2v) is 8.61. The molecule has 1 fully saturated rings. The molecule has 2 aromatic rings. The first-order valence-corrected chi connectivity index (χ1v) is 11.3. The molecular weight excluding hydrogens is 406 g/mol. The number of carbonyl (C=O) groups is 2. The number of nitrogens with one attached hydrogen (secondary N) is 3. The molecule has 0 aromatic heterocycles. The Morgan fingerprint density at radius 1 is 1.16 bits per heavy atom. The van der Waals surface area contributed by atoms with Crippen molar-refractivity contribution in [1.82, 2.24) is 16.0 Å². The van der Waals surface area contributed by atoms with Gasteiger partial charge in [0.25, 0.3) is 11.8 Å². The van der Waals surface area contributed by atoms with Gasteiger partial charge < -0.3 is 25.8 Å². The van der Waals surface area contributed by atoms with Crippen molar-refractivity contribution in [1.29, 1.82) is 0 Å². The molecule has 170 valence electrons. The highest BCUT2D eigenvalue weighted by Gasteiger charge is 2.44. The Hall–Kier alpha value is -2.90. The number of rotatable bonds is 7. The zero-order chi connectivity index (χ0) is 22.6.